The maximum atomic E-state index is 10.3. The van der Waals surface area contributed by atoms with E-state index in [4.69, 9.17) is 11.1 Å². The molecule has 57 valence electrons. The van der Waals surface area contributed by atoms with Crippen LogP contribution in [-0.4, -0.2) is 5.84 Å². The van der Waals surface area contributed by atoms with Crippen LogP contribution in [0.5, 0.6) is 0 Å². The molecule has 0 saturated carbocycles. The van der Waals surface area contributed by atoms with Gasteiger partial charge >= 0.3 is 0 Å². The topological polar surface area (TPSA) is 69.8 Å². The first-order valence-corrected chi connectivity index (χ1v) is 3.25. The predicted octanol–water partition coefficient (Wildman–Crippen LogP) is 0.901. The highest BCUT2D eigenvalue weighted by Crippen LogP contribution is 2.02. The van der Waals surface area contributed by atoms with Crippen LogP contribution in [0.2, 0.25) is 0 Å². The molecule has 1 radical (unpaired) electrons. The molecule has 0 aliphatic heterocycles. The molecule has 0 atom stereocenters. The fourth-order valence-corrected chi connectivity index (χ4v) is 0.781. The highest BCUT2D eigenvalue weighted by Gasteiger charge is 1.95. The van der Waals surface area contributed by atoms with Crippen LogP contribution in [0.1, 0.15) is 11.1 Å². The lowest BCUT2D eigenvalue weighted by molar-refractivity contribution is 0.177. The third-order valence-corrected chi connectivity index (χ3v) is 1.43. The van der Waals surface area contributed by atoms with E-state index in [2.05, 4.69) is 0 Å². The minimum absolute atomic E-state index is 0.0300. The maximum Gasteiger partial charge on any atom is 0.122 e. The second-order valence-corrected chi connectivity index (χ2v) is 2.25. The van der Waals surface area contributed by atoms with E-state index < -0.39 is 0 Å². The molecule has 3 N–H and O–H groups in total. The molecule has 0 aliphatic carbocycles. The van der Waals surface area contributed by atoms with Gasteiger partial charge in [0.2, 0.25) is 0 Å². The molecule has 11 heavy (non-hydrogen) atoms. The van der Waals surface area contributed by atoms with Crippen molar-refractivity contribution in [2.24, 2.45) is 5.73 Å². The van der Waals surface area contributed by atoms with E-state index in [1.807, 2.05) is 0 Å². The molecule has 3 heteroatoms. The van der Waals surface area contributed by atoms with Gasteiger partial charge in [-0.2, -0.15) is 0 Å². The van der Waals surface area contributed by atoms with Crippen molar-refractivity contribution in [2.45, 2.75) is 6.61 Å². The lowest BCUT2D eigenvalue weighted by Gasteiger charge is -1.97. The van der Waals surface area contributed by atoms with Crippen molar-refractivity contribution in [3.63, 3.8) is 0 Å². The summed E-state index contributed by atoms with van der Waals surface area (Å²) in [5.41, 5.74) is 6.58. The van der Waals surface area contributed by atoms with E-state index in [1.54, 1.807) is 24.3 Å². The Morgan fingerprint density at radius 3 is 2.27 bits per heavy atom. The molecule has 0 heterocycles. The van der Waals surface area contributed by atoms with Gasteiger partial charge in [-0.05, 0) is 5.56 Å². The van der Waals surface area contributed by atoms with E-state index in [0.717, 1.165) is 5.56 Å². The number of benzene rings is 1. The van der Waals surface area contributed by atoms with Gasteiger partial charge in [0.1, 0.15) is 12.4 Å². The summed E-state index contributed by atoms with van der Waals surface area (Å²) in [4.78, 5) is 0. The van der Waals surface area contributed by atoms with E-state index >= 15 is 0 Å². The zero-order chi connectivity index (χ0) is 8.27. The van der Waals surface area contributed by atoms with Gasteiger partial charge in [-0.3, -0.25) is 5.41 Å². The second-order valence-electron chi connectivity index (χ2n) is 2.25. The van der Waals surface area contributed by atoms with Gasteiger partial charge in [0.25, 0.3) is 0 Å². The van der Waals surface area contributed by atoms with Gasteiger partial charge < -0.3 is 5.73 Å². The molecular formula is C8H9N2O. The highest BCUT2D eigenvalue weighted by atomic mass is 16.3. The van der Waals surface area contributed by atoms with Gasteiger partial charge in [0, 0.05) is 5.56 Å². The van der Waals surface area contributed by atoms with Crippen LogP contribution < -0.4 is 5.73 Å². The number of nitrogens with one attached hydrogen (secondary N) is 1. The average molecular weight is 149 g/mol. The molecule has 0 aliphatic rings. The molecule has 1 rings (SSSR count). The van der Waals surface area contributed by atoms with E-state index in [1.165, 1.54) is 0 Å². The summed E-state index contributed by atoms with van der Waals surface area (Å²) >= 11 is 0. The Morgan fingerprint density at radius 1 is 1.36 bits per heavy atom. The first kappa shape index (κ1) is 7.75. The SMILES string of the molecule is N=C(N)c1ccc(C[O])cc1. The molecule has 0 unspecified atom stereocenters. The van der Waals surface area contributed by atoms with Crippen LogP contribution in [0.4, 0.5) is 0 Å². The smallest absolute Gasteiger partial charge is 0.122 e. The largest absolute Gasteiger partial charge is 0.384 e. The standard InChI is InChI=1S/C8H9N2O/c9-8(10)7-3-1-6(5-11)2-4-7/h1-4H,5H2,(H3,9,10). The zero-order valence-electron chi connectivity index (χ0n) is 6.00. The third-order valence-electron chi connectivity index (χ3n) is 1.43. The number of nitrogen functional groups attached to an aromatic ring is 1. The average Bonchev–Trinajstić information content (AvgIpc) is 2.05. The Labute approximate surface area is 65.0 Å². The summed E-state index contributed by atoms with van der Waals surface area (Å²) in [6.45, 7) is -0.224. The molecule has 3 nitrogen and oxygen atoms in total. The van der Waals surface area contributed by atoms with Crippen LogP contribution in [0.15, 0.2) is 24.3 Å². The molecule has 0 fully saturated rings. The third kappa shape index (κ3) is 1.78. The van der Waals surface area contributed by atoms with Crippen molar-refractivity contribution in [3.05, 3.63) is 35.4 Å². The van der Waals surface area contributed by atoms with E-state index in [0.29, 0.717) is 5.56 Å². The molecule has 1 aromatic carbocycles. The van der Waals surface area contributed by atoms with Crippen LogP contribution in [0.3, 0.4) is 0 Å². The van der Waals surface area contributed by atoms with Crippen molar-refractivity contribution in [3.8, 4) is 0 Å². The van der Waals surface area contributed by atoms with Gasteiger partial charge in [0.15, 0.2) is 0 Å². The molecule has 0 spiro atoms. The number of hydrogen-bond donors (Lipinski definition) is 2. The van der Waals surface area contributed by atoms with Crippen molar-refractivity contribution >= 4 is 5.84 Å². The molecule has 0 saturated heterocycles. The molecular weight excluding hydrogens is 140 g/mol. The van der Waals surface area contributed by atoms with Crippen molar-refractivity contribution in [1.82, 2.24) is 0 Å². The molecule has 1 aromatic rings. The summed E-state index contributed by atoms with van der Waals surface area (Å²) in [5, 5.41) is 17.4. The second kappa shape index (κ2) is 3.16. The molecule has 0 aromatic heterocycles. The fraction of sp³-hybridized carbons (Fsp3) is 0.125. The maximum absolute atomic E-state index is 10.3. The van der Waals surface area contributed by atoms with Crippen LogP contribution in [0.25, 0.3) is 0 Å². The van der Waals surface area contributed by atoms with Crippen molar-refractivity contribution in [1.29, 1.82) is 5.41 Å². The first-order chi connectivity index (χ1) is 5.24. The first-order valence-electron chi connectivity index (χ1n) is 3.25. The summed E-state index contributed by atoms with van der Waals surface area (Å²) in [6, 6.07) is 6.72. The Balaban J connectivity index is 2.91. The number of nitrogens with two attached hydrogens (primary N) is 1. The van der Waals surface area contributed by atoms with Gasteiger partial charge in [-0.15, -0.1) is 0 Å². The van der Waals surface area contributed by atoms with Crippen LogP contribution in [0, 0.1) is 5.41 Å². The summed E-state index contributed by atoms with van der Waals surface area (Å²) < 4.78 is 0. The Morgan fingerprint density at radius 2 is 1.91 bits per heavy atom. The van der Waals surface area contributed by atoms with Crippen molar-refractivity contribution in [2.75, 3.05) is 0 Å². The van der Waals surface area contributed by atoms with Gasteiger partial charge in [0.05, 0.1) is 0 Å². The predicted molar refractivity (Wildman–Crippen MR) is 41.8 cm³/mol. The molecule has 0 bridgehead atoms. The normalized spacial score (nSPS) is 9.55. The summed E-state index contributed by atoms with van der Waals surface area (Å²) in [7, 11) is 0. The molecule has 0 amide bonds. The monoisotopic (exact) mass is 149 g/mol. The Hall–Kier alpha value is -1.35. The lowest BCUT2D eigenvalue weighted by atomic mass is 10.1. The van der Waals surface area contributed by atoms with Crippen LogP contribution >= 0.6 is 0 Å². The summed E-state index contributed by atoms with van der Waals surface area (Å²) in [6.07, 6.45) is 0. The summed E-state index contributed by atoms with van der Waals surface area (Å²) in [5.74, 6) is 0.0300. The van der Waals surface area contributed by atoms with Crippen LogP contribution in [-0.2, 0) is 11.7 Å². The highest BCUT2D eigenvalue weighted by molar-refractivity contribution is 5.94. The number of rotatable bonds is 2. The quantitative estimate of drug-likeness (QED) is 0.476. The van der Waals surface area contributed by atoms with E-state index in [-0.39, 0.29) is 12.4 Å². The van der Waals surface area contributed by atoms with Gasteiger partial charge in [-0.1, -0.05) is 24.3 Å². The Kier molecular flexibility index (Phi) is 2.23. The van der Waals surface area contributed by atoms with Crippen molar-refractivity contribution < 1.29 is 5.11 Å². The Bertz CT molecular complexity index is 253. The number of amidine groups is 1. The fourth-order valence-electron chi connectivity index (χ4n) is 0.781. The number of hydrogen-bond acceptors (Lipinski definition) is 1. The van der Waals surface area contributed by atoms with Gasteiger partial charge in [-0.25, -0.2) is 5.11 Å². The minimum atomic E-state index is -0.224. The minimum Gasteiger partial charge on any atom is -0.384 e. The van der Waals surface area contributed by atoms with E-state index in [9.17, 15) is 5.11 Å². The lowest BCUT2D eigenvalue weighted by Crippen LogP contribution is -2.10. The zero-order valence-corrected chi connectivity index (χ0v) is 6.00.